The van der Waals surface area contributed by atoms with Crippen molar-refractivity contribution in [2.75, 3.05) is 33.4 Å². The molecule has 4 nitrogen and oxygen atoms in total. The standard InChI is InChI=1S/C13H28N2O2.ClH/c1-5-13(6-2,7-3)11-15-12(16)10-14-8-9-17-4;/h14H,5-11H2,1-4H3,(H,15,16);1H. The van der Waals surface area contributed by atoms with Crippen LogP contribution in [0, 0.1) is 5.41 Å². The first-order valence-corrected chi connectivity index (χ1v) is 6.60. The fourth-order valence-electron chi connectivity index (χ4n) is 1.85. The van der Waals surface area contributed by atoms with E-state index in [-0.39, 0.29) is 23.7 Å². The molecule has 110 valence electrons. The summed E-state index contributed by atoms with van der Waals surface area (Å²) in [6.07, 6.45) is 3.33. The van der Waals surface area contributed by atoms with Gasteiger partial charge in [0.15, 0.2) is 0 Å². The van der Waals surface area contributed by atoms with Crippen LogP contribution in [0.15, 0.2) is 0 Å². The van der Waals surface area contributed by atoms with E-state index in [2.05, 4.69) is 31.4 Å². The summed E-state index contributed by atoms with van der Waals surface area (Å²) in [5, 5.41) is 6.05. The Kier molecular flexibility index (Phi) is 13.1. The van der Waals surface area contributed by atoms with Gasteiger partial charge in [0.1, 0.15) is 0 Å². The molecule has 0 bridgehead atoms. The summed E-state index contributed by atoms with van der Waals surface area (Å²) in [5.41, 5.74) is 0.266. The first-order valence-electron chi connectivity index (χ1n) is 6.60. The van der Waals surface area contributed by atoms with Crippen molar-refractivity contribution in [3.63, 3.8) is 0 Å². The van der Waals surface area contributed by atoms with Gasteiger partial charge < -0.3 is 15.4 Å². The third-order valence-corrected chi connectivity index (χ3v) is 3.68. The molecule has 0 atom stereocenters. The zero-order chi connectivity index (χ0) is 13.1. The number of halogens is 1. The zero-order valence-corrected chi connectivity index (χ0v) is 13.0. The molecule has 0 aromatic rings. The molecule has 0 radical (unpaired) electrons. The molecule has 0 aliphatic rings. The van der Waals surface area contributed by atoms with Crippen LogP contribution >= 0.6 is 12.4 Å². The largest absolute Gasteiger partial charge is 0.383 e. The summed E-state index contributed by atoms with van der Waals surface area (Å²) in [6.45, 7) is 9.07. The molecule has 5 heteroatoms. The number of carbonyl (C=O) groups excluding carboxylic acids is 1. The Labute approximate surface area is 118 Å². The van der Waals surface area contributed by atoms with Crippen LogP contribution in [0.4, 0.5) is 0 Å². The van der Waals surface area contributed by atoms with Crippen LogP contribution < -0.4 is 10.6 Å². The number of nitrogens with one attached hydrogen (secondary N) is 2. The first kappa shape index (κ1) is 20.0. The van der Waals surface area contributed by atoms with Gasteiger partial charge in [0.25, 0.3) is 0 Å². The van der Waals surface area contributed by atoms with Crippen molar-refractivity contribution in [1.82, 2.24) is 10.6 Å². The van der Waals surface area contributed by atoms with E-state index in [0.29, 0.717) is 19.7 Å². The quantitative estimate of drug-likeness (QED) is 0.602. The molecule has 0 aromatic carbocycles. The molecule has 0 saturated carbocycles. The Bertz CT molecular complexity index is 201. The van der Waals surface area contributed by atoms with E-state index in [4.69, 9.17) is 4.74 Å². The van der Waals surface area contributed by atoms with E-state index in [0.717, 1.165) is 25.8 Å². The fraction of sp³-hybridized carbons (Fsp3) is 0.923. The van der Waals surface area contributed by atoms with Crippen molar-refractivity contribution in [2.24, 2.45) is 5.41 Å². The Morgan fingerprint density at radius 3 is 2.17 bits per heavy atom. The number of ether oxygens (including phenoxy) is 1. The van der Waals surface area contributed by atoms with Gasteiger partial charge >= 0.3 is 0 Å². The molecule has 2 N–H and O–H groups in total. The summed E-state index contributed by atoms with van der Waals surface area (Å²) < 4.78 is 4.90. The van der Waals surface area contributed by atoms with Crippen molar-refractivity contribution < 1.29 is 9.53 Å². The number of rotatable bonds is 10. The fourth-order valence-corrected chi connectivity index (χ4v) is 1.85. The van der Waals surface area contributed by atoms with E-state index in [9.17, 15) is 4.79 Å². The normalized spacial score (nSPS) is 10.9. The summed E-state index contributed by atoms with van der Waals surface area (Å²) >= 11 is 0. The maximum atomic E-state index is 11.6. The lowest BCUT2D eigenvalue weighted by Crippen LogP contribution is -2.41. The van der Waals surface area contributed by atoms with Crippen LogP contribution in [-0.2, 0) is 9.53 Å². The number of carbonyl (C=O) groups is 1. The topological polar surface area (TPSA) is 50.4 Å². The van der Waals surface area contributed by atoms with Crippen molar-refractivity contribution in [3.05, 3.63) is 0 Å². The lowest BCUT2D eigenvalue weighted by atomic mass is 9.80. The highest BCUT2D eigenvalue weighted by molar-refractivity contribution is 5.85. The maximum Gasteiger partial charge on any atom is 0.233 e. The Morgan fingerprint density at radius 2 is 1.72 bits per heavy atom. The number of hydrogen-bond acceptors (Lipinski definition) is 3. The van der Waals surface area contributed by atoms with Crippen molar-refractivity contribution >= 4 is 18.3 Å². The second kappa shape index (κ2) is 11.8. The van der Waals surface area contributed by atoms with E-state index in [1.807, 2.05) is 0 Å². The van der Waals surface area contributed by atoms with Gasteiger partial charge in [-0.05, 0) is 24.7 Å². The Balaban J connectivity index is 0. The molecule has 0 saturated heterocycles. The Hall–Kier alpha value is -0.320. The van der Waals surface area contributed by atoms with E-state index < -0.39 is 0 Å². The highest BCUT2D eigenvalue weighted by Crippen LogP contribution is 2.28. The van der Waals surface area contributed by atoms with Crippen molar-refractivity contribution in [3.8, 4) is 0 Å². The van der Waals surface area contributed by atoms with Gasteiger partial charge in [0, 0.05) is 20.2 Å². The van der Waals surface area contributed by atoms with E-state index in [1.165, 1.54) is 0 Å². The monoisotopic (exact) mass is 280 g/mol. The zero-order valence-electron chi connectivity index (χ0n) is 12.2. The average molecular weight is 281 g/mol. The van der Waals surface area contributed by atoms with Crippen LogP contribution in [0.3, 0.4) is 0 Å². The molecule has 0 rings (SSSR count). The van der Waals surface area contributed by atoms with Crippen molar-refractivity contribution in [2.45, 2.75) is 40.0 Å². The third-order valence-electron chi connectivity index (χ3n) is 3.68. The number of amides is 1. The van der Waals surface area contributed by atoms with Crippen LogP contribution in [0.2, 0.25) is 0 Å². The lowest BCUT2D eigenvalue weighted by Gasteiger charge is -2.30. The van der Waals surface area contributed by atoms with Crippen molar-refractivity contribution in [1.29, 1.82) is 0 Å². The molecule has 1 amide bonds. The van der Waals surface area contributed by atoms with Gasteiger partial charge in [0.05, 0.1) is 13.2 Å². The molecular formula is C13H29ClN2O2. The molecule has 18 heavy (non-hydrogen) atoms. The maximum absolute atomic E-state index is 11.6. The minimum atomic E-state index is 0. The molecule has 0 spiro atoms. The minimum absolute atomic E-state index is 0. The molecule has 0 aliphatic heterocycles. The SMILES string of the molecule is CCC(CC)(CC)CNC(=O)CNCCOC.Cl. The van der Waals surface area contributed by atoms with E-state index >= 15 is 0 Å². The summed E-state index contributed by atoms with van der Waals surface area (Å²) in [4.78, 5) is 11.6. The summed E-state index contributed by atoms with van der Waals surface area (Å²) in [6, 6.07) is 0. The average Bonchev–Trinajstić information content (AvgIpc) is 2.37. The van der Waals surface area contributed by atoms with Gasteiger partial charge in [-0.3, -0.25) is 4.79 Å². The third kappa shape index (κ3) is 7.90. The van der Waals surface area contributed by atoms with E-state index in [1.54, 1.807) is 7.11 Å². The lowest BCUT2D eigenvalue weighted by molar-refractivity contribution is -0.120. The van der Waals surface area contributed by atoms with Gasteiger partial charge in [-0.15, -0.1) is 12.4 Å². The highest BCUT2D eigenvalue weighted by Gasteiger charge is 2.24. The summed E-state index contributed by atoms with van der Waals surface area (Å²) in [5.74, 6) is 0.0702. The number of hydrogen-bond donors (Lipinski definition) is 2. The molecule has 0 unspecified atom stereocenters. The van der Waals surface area contributed by atoms with Crippen LogP contribution in [0.25, 0.3) is 0 Å². The van der Waals surface area contributed by atoms with Gasteiger partial charge in [0.2, 0.25) is 5.91 Å². The smallest absolute Gasteiger partial charge is 0.233 e. The highest BCUT2D eigenvalue weighted by atomic mass is 35.5. The molecule has 0 aromatic heterocycles. The summed E-state index contributed by atoms with van der Waals surface area (Å²) in [7, 11) is 1.65. The molecule has 0 heterocycles. The first-order chi connectivity index (χ1) is 8.14. The van der Waals surface area contributed by atoms with Crippen LogP contribution in [0.1, 0.15) is 40.0 Å². The van der Waals surface area contributed by atoms with Crippen LogP contribution in [-0.4, -0.2) is 39.3 Å². The second-order valence-corrected chi connectivity index (χ2v) is 4.51. The Morgan fingerprint density at radius 1 is 1.17 bits per heavy atom. The van der Waals surface area contributed by atoms with Gasteiger partial charge in [-0.1, -0.05) is 20.8 Å². The van der Waals surface area contributed by atoms with Crippen LogP contribution in [0.5, 0.6) is 0 Å². The predicted molar refractivity (Wildman–Crippen MR) is 78.3 cm³/mol. The molecule has 0 aliphatic carbocycles. The van der Waals surface area contributed by atoms with Gasteiger partial charge in [-0.2, -0.15) is 0 Å². The molecule has 0 fully saturated rings. The van der Waals surface area contributed by atoms with Gasteiger partial charge in [-0.25, -0.2) is 0 Å². The number of methoxy groups -OCH3 is 1. The minimum Gasteiger partial charge on any atom is -0.383 e. The predicted octanol–water partition coefficient (Wildman–Crippen LogP) is 1.98. The molecular weight excluding hydrogens is 252 g/mol. The second-order valence-electron chi connectivity index (χ2n) is 4.51.